The van der Waals surface area contributed by atoms with Crippen molar-refractivity contribution in [2.24, 2.45) is 11.8 Å². The number of hydrogen-bond acceptors (Lipinski definition) is 3. The van der Waals surface area contributed by atoms with E-state index >= 15 is 0 Å². The van der Waals surface area contributed by atoms with E-state index in [0.29, 0.717) is 11.8 Å². The third kappa shape index (κ3) is 1.22. The minimum absolute atomic E-state index is 0.0160. The molecule has 0 spiro atoms. The molecule has 88 valence electrons. The molecule has 3 unspecified atom stereocenters. The summed E-state index contributed by atoms with van der Waals surface area (Å²) in [6.45, 7) is 0. The maximum atomic E-state index is 9.98. The van der Waals surface area contributed by atoms with E-state index < -0.39 is 0 Å². The first kappa shape index (κ1) is 9.87. The van der Waals surface area contributed by atoms with Gasteiger partial charge in [-0.25, -0.2) is 0 Å². The zero-order chi connectivity index (χ0) is 11.3. The van der Waals surface area contributed by atoms with Gasteiger partial charge in [0.2, 0.25) is 11.8 Å². The van der Waals surface area contributed by atoms with E-state index in [2.05, 4.69) is 0 Å². The average Bonchev–Trinajstić information content (AvgIpc) is 2.93. The van der Waals surface area contributed by atoms with E-state index in [1.54, 1.807) is 6.07 Å². The van der Waals surface area contributed by atoms with Crippen molar-refractivity contribution in [3.05, 3.63) is 11.6 Å². The smallest absolute Gasteiger partial charge is 0.232 e. The fraction of sp³-hybridized carbons (Fsp3) is 0.667. The van der Waals surface area contributed by atoms with Crippen LogP contribution < -0.4 is 4.84 Å². The second kappa shape index (κ2) is 3.34. The molecular weight excluding hydrogens is 206 g/mol. The summed E-state index contributed by atoms with van der Waals surface area (Å²) in [6.07, 6.45) is 5.01. The molecule has 4 nitrogen and oxygen atoms in total. The molecule has 2 aliphatic carbocycles. The van der Waals surface area contributed by atoms with Crippen molar-refractivity contribution in [1.82, 2.24) is 4.73 Å². The van der Waals surface area contributed by atoms with Crippen LogP contribution in [0, 0.1) is 11.8 Å². The highest BCUT2D eigenvalue weighted by atomic mass is 16.7. The van der Waals surface area contributed by atoms with E-state index in [-0.39, 0.29) is 11.8 Å². The summed E-state index contributed by atoms with van der Waals surface area (Å²) in [5.74, 6) is 1.96. The molecule has 1 aromatic rings. The van der Waals surface area contributed by atoms with Gasteiger partial charge in [0, 0.05) is 11.6 Å². The quantitative estimate of drug-likeness (QED) is 0.804. The summed E-state index contributed by atoms with van der Waals surface area (Å²) in [5.41, 5.74) is 0.853. The lowest BCUT2D eigenvalue weighted by molar-refractivity contribution is 0.118. The standard InChI is InChI=1S/C12H17NO3/c1-16-13-11(14)6-10(12(13)15)9-5-7-2-3-8(9)4-7/h6-9,14-15H,2-5H2,1H3. The molecule has 1 heterocycles. The van der Waals surface area contributed by atoms with Crippen molar-refractivity contribution < 1.29 is 15.1 Å². The lowest BCUT2D eigenvalue weighted by atomic mass is 9.84. The number of hydrogen-bond donors (Lipinski definition) is 2. The molecule has 16 heavy (non-hydrogen) atoms. The van der Waals surface area contributed by atoms with Crippen LogP contribution in [0.3, 0.4) is 0 Å². The van der Waals surface area contributed by atoms with Crippen LogP contribution in [0.25, 0.3) is 0 Å². The van der Waals surface area contributed by atoms with Crippen molar-refractivity contribution in [2.45, 2.75) is 31.6 Å². The van der Waals surface area contributed by atoms with Crippen molar-refractivity contribution in [2.75, 3.05) is 7.11 Å². The number of aromatic nitrogens is 1. The monoisotopic (exact) mass is 223 g/mol. The van der Waals surface area contributed by atoms with E-state index in [9.17, 15) is 10.2 Å². The molecule has 1 aromatic heterocycles. The molecule has 0 aliphatic heterocycles. The molecule has 2 bridgehead atoms. The van der Waals surface area contributed by atoms with Gasteiger partial charge < -0.3 is 15.1 Å². The molecule has 2 saturated carbocycles. The average molecular weight is 223 g/mol. The first-order valence-electron chi connectivity index (χ1n) is 5.88. The SMILES string of the molecule is COn1c(O)cc(C2CC3CCC2C3)c1O. The van der Waals surface area contributed by atoms with Gasteiger partial charge in [-0.3, -0.25) is 0 Å². The number of aromatic hydroxyl groups is 2. The van der Waals surface area contributed by atoms with Crippen LogP contribution in [-0.2, 0) is 0 Å². The Morgan fingerprint density at radius 3 is 2.62 bits per heavy atom. The molecule has 2 aliphatic rings. The summed E-state index contributed by atoms with van der Waals surface area (Å²) in [4.78, 5) is 4.91. The molecule has 2 N–H and O–H groups in total. The number of nitrogens with zero attached hydrogens (tertiary/aromatic N) is 1. The van der Waals surface area contributed by atoms with Gasteiger partial charge in [-0.1, -0.05) is 6.42 Å². The van der Waals surface area contributed by atoms with E-state index in [4.69, 9.17) is 4.84 Å². The second-order valence-corrected chi connectivity index (χ2v) is 5.04. The Kier molecular flexibility index (Phi) is 2.06. The Morgan fingerprint density at radius 2 is 2.12 bits per heavy atom. The van der Waals surface area contributed by atoms with Gasteiger partial charge >= 0.3 is 0 Å². The highest BCUT2D eigenvalue weighted by molar-refractivity contribution is 5.38. The van der Waals surface area contributed by atoms with E-state index in [0.717, 1.165) is 22.6 Å². The van der Waals surface area contributed by atoms with Crippen molar-refractivity contribution >= 4 is 0 Å². The van der Waals surface area contributed by atoms with Crippen molar-refractivity contribution in [3.8, 4) is 11.8 Å². The van der Waals surface area contributed by atoms with Crippen LogP contribution in [-0.4, -0.2) is 22.1 Å². The highest BCUT2D eigenvalue weighted by Crippen LogP contribution is 2.55. The summed E-state index contributed by atoms with van der Waals surface area (Å²) >= 11 is 0. The van der Waals surface area contributed by atoms with E-state index in [1.807, 2.05) is 0 Å². The van der Waals surface area contributed by atoms with Gasteiger partial charge in [0.25, 0.3) is 0 Å². The van der Waals surface area contributed by atoms with Gasteiger partial charge in [0.05, 0.1) is 0 Å². The molecular formula is C12H17NO3. The van der Waals surface area contributed by atoms with E-state index in [1.165, 1.54) is 26.4 Å². The first-order valence-corrected chi connectivity index (χ1v) is 5.88. The lowest BCUT2D eigenvalue weighted by Crippen LogP contribution is -2.09. The van der Waals surface area contributed by atoms with Gasteiger partial charge in [-0.15, -0.1) is 4.73 Å². The van der Waals surface area contributed by atoms with Crippen LogP contribution in [0.4, 0.5) is 0 Å². The maximum Gasteiger partial charge on any atom is 0.232 e. The summed E-state index contributed by atoms with van der Waals surface area (Å²) < 4.78 is 1.08. The van der Waals surface area contributed by atoms with Crippen molar-refractivity contribution in [1.29, 1.82) is 0 Å². The zero-order valence-electron chi connectivity index (χ0n) is 9.39. The predicted octanol–water partition coefficient (Wildman–Crippen LogP) is 1.86. The molecule has 3 atom stereocenters. The lowest BCUT2D eigenvalue weighted by Gasteiger charge is -2.20. The van der Waals surface area contributed by atoms with Crippen LogP contribution >= 0.6 is 0 Å². The fourth-order valence-corrected chi connectivity index (χ4v) is 3.57. The molecule has 3 rings (SSSR count). The molecule has 0 radical (unpaired) electrons. The van der Waals surface area contributed by atoms with Crippen LogP contribution in [0.5, 0.6) is 11.8 Å². The Bertz CT molecular complexity index is 413. The summed E-state index contributed by atoms with van der Waals surface area (Å²) in [6, 6.07) is 1.64. The Hall–Kier alpha value is -1.32. The molecule has 2 fully saturated rings. The van der Waals surface area contributed by atoms with Crippen LogP contribution in [0.15, 0.2) is 6.07 Å². The topological polar surface area (TPSA) is 54.6 Å². The third-order valence-corrected chi connectivity index (χ3v) is 4.26. The van der Waals surface area contributed by atoms with Crippen LogP contribution in [0.1, 0.15) is 37.2 Å². The number of fused-ring (bicyclic) bond motifs is 2. The second-order valence-electron chi connectivity index (χ2n) is 5.04. The zero-order valence-corrected chi connectivity index (χ0v) is 9.39. The van der Waals surface area contributed by atoms with Gasteiger partial charge in [0.15, 0.2) is 0 Å². The summed E-state index contributed by atoms with van der Waals surface area (Å²) in [5, 5.41) is 19.6. The van der Waals surface area contributed by atoms with Gasteiger partial charge in [0.1, 0.15) is 7.11 Å². The minimum atomic E-state index is -0.0160. The maximum absolute atomic E-state index is 9.98. The molecule has 0 aromatic carbocycles. The predicted molar refractivity (Wildman–Crippen MR) is 58.5 cm³/mol. The van der Waals surface area contributed by atoms with Gasteiger partial charge in [-0.05, 0) is 37.0 Å². The Labute approximate surface area is 94.4 Å². The third-order valence-electron chi connectivity index (χ3n) is 4.26. The minimum Gasteiger partial charge on any atom is -0.492 e. The fourth-order valence-electron chi connectivity index (χ4n) is 3.57. The van der Waals surface area contributed by atoms with Gasteiger partial charge in [-0.2, -0.15) is 0 Å². The Balaban J connectivity index is 1.95. The Morgan fingerprint density at radius 1 is 1.31 bits per heavy atom. The summed E-state index contributed by atoms with van der Waals surface area (Å²) in [7, 11) is 1.43. The van der Waals surface area contributed by atoms with Crippen LogP contribution in [0.2, 0.25) is 0 Å². The number of rotatable bonds is 2. The molecule has 4 heteroatoms. The normalized spacial score (nSPS) is 32.2. The first-order chi connectivity index (χ1) is 7.70. The van der Waals surface area contributed by atoms with Crippen molar-refractivity contribution in [3.63, 3.8) is 0 Å². The highest BCUT2D eigenvalue weighted by Gasteiger charge is 2.42. The molecule has 0 amide bonds. The molecule has 0 saturated heterocycles. The largest absolute Gasteiger partial charge is 0.492 e.